The molecule has 0 radical (unpaired) electrons. The molecule has 0 atom stereocenters. The van der Waals surface area contributed by atoms with Crippen molar-refractivity contribution in [1.82, 2.24) is 0 Å². The summed E-state index contributed by atoms with van der Waals surface area (Å²) in [4.78, 5) is 11.2. The first-order valence-electron chi connectivity index (χ1n) is 5.21. The fraction of sp³-hybridized carbons (Fsp3) is 0.583. The van der Waals surface area contributed by atoms with E-state index in [1.54, 1.807) is 0 Å². The number of hydrogen-bond acceptors (Lipinski definition) is 1. The Kier molecular flexibility index (Phi) is 5.23. The summed E-state index contributed by atoms with van der Waals surface area (Å²) < 4.78 is 0. The number of Topliss-reactive ketones (excluding diaryl/α,β-unsaturated/α-hetero) is 1. The third kappa shape index (κ3) is 5.40. The van der Waals surface area contributed by atoms with Crippen LogP contribution in [-0.4, -0.2) is 5.78 Å². The van der Waals surface area contributed by atoms with Crippen molar-refractivity contribution < 1.29 is 4.79 Å². The van der Waals surface area contributed by atoms with E-state index in [9.17, 15) is 4.79 Å². The molecule has 0 heterocycles. The van der Waals surface area contributed by atoms with E-state index < -0.39 is 0 Å². The van der Waals surface area contributed by atoms with Crippen LogP contribution in [-0.2, 0) is 4.79 Å². The van der Waals surface area contributed by atoms with Gasteiger partial charge in [-0.25, -0.2) is 0 Å². The Morgan fingerprint density at radius 2 is 1.54 bits per heavy atom. The molecule has 0 aromatic heterocycles. The van der Waals surface area contributed by atoms with Gasteiger partial charge in [0.25, 0.3) is 0 Å². The molecule has 13 heavy (non-hydrogen) atoms. The van der Waals surface area contributed by atoms with E-state index in [0.29, 0.717) is 12.2 Å². The standard InChI is InChI=1S/C12H18O/c13-12-10-8-6-4-2-1-3-5-7-9-11-12/h1-2,7,9H,3-6,8,10-11H2/b2-1-,9-7-. The maximum absolute atomic E-state index is 11.2. The Hall–Kier alpha value is -0.850. The van der Waals surface area contributed by atoms with Gasteiger partial charge in [-0.1, -0.05) is 24.3 Å². The second kappa shape index (κ2) is 6.64. The molecule has 72 valence electrons. The number of ketones is 1. The van der Waals surface area contributed by atoms with E-state index in [2.05, 4.69) is 18.2 Å². The van der Waals surface area contributed by atoms with Crippen LogP contribution in [0, 0.1) is 0 Å². The molecule has 0 unspecified atom stereocenters. The quantitative estimate of drug-likeness (QED) is 0.519. The molecule has 0 N–H and O–H groups in total. The third-order valence-electron chi connectivity index (χ3n) is 2.26. The lowest BCUT2D eigenvalue weighted by molar-refractivity contribution is -0.118. The maximum Gasteiger partial charge on any atom is 0.136 e. The summed E-state index contributed by atoms with van der Waals surface area (Å²) in [5.41, 5.74) is 0. The van der Waals surface area contributed by atoms with Crippen molar-refractivity contribution in [3.05, 3.63) is 24.3 Å². The minimum atomic E-state index is 0.390. The second-order valence-electron chi connectivity index (χ2n) is 3.51. The fourth-order valence-electron chi connectivity index (χ4n) is 1.45. The number of carbonyl (C=O) groups excluding carboxylic acids is 1. The fourth-order valence-corrected chi connectivity index (χ4v) is 1.45. The van der Waals surface area contributed by atoms with Crippen LogP contribution in [0.2, 0.25) is 0 Å². The minimum Gasteiger partial charge on any atom is -0.299 e. The summed E-state index contributed by atoms with van der Waals surface area (Å²) in [6.07, 6.45) is 15.5. The number of allylic oxidation sites excluding steroid dienone is 4. The minimum absolute atomic E-state index is 0.390. The smallest absolute Gasteiger partial charge is 0.136 e. The summed E-state index contributed by atoms with van der Waals surface area (Å²) in [7, 11) is 0. The van der Waals surface area contributed by atoms with Crippen LogP contribution < -0.4 is 0 Å². The van der Waals surface area contributed by atoms with E-state index in [-0.39, 0.29) is 0 Å². The molecule has 0 saturated carbocycles. The van der Waals surface area contributed by atoms with Gasteiger partial charge in [0, 0.05) is 12.8 Å². The lowest BCUT2D eigenvalue weighted by atomic mass is 10.1. The Balaban J connectivity index is 2.33. The van der Waals surface area contributed by atoms with Crippen molar-refractivity contribution in [2.45, 2.75) is 44.9 Å². The molecule has 0 fully saturated rings. The van der Waals surface area contributed by atoms with Crippen molar-refractivity contribution in [3.8, 4) is 0 Å². The van der Waals surface area contributed by atoms with E-state index in [1.807, 2.05) is 6.08 Å². The van der Waals surface area contributed by atoms with Crippen LogP contribution in [0.5, 0.6) is 0 Å². The second-order valence-corrected chi connectivity index (χ2v) is 3.51. The van der Waals surface area contributed by atoms with Crippen LogP contribution in [0.3, 0.4) is 0 Å². The van der Waals surface area contributed by atoms with Crippen molar-refractivity contribution >= 4 is 5.78 Å². The molecule has 1 nitrogen and oxygen atoms in total. The maximum atomic E-state index is 11.2. The Morgan fingerprint density at radius 3 is 2.38 bits per heavy atom. The monoisotopic (exact) mass is 178 g/mol. The molecule has 1 aliphatic carbocycles. The van der Waals surface area contributed by atoms with Crippen LogP contribution in [0.15, 0.2) is 24.3 Å². The van der Waals surface area contributed by atoms with Gasteiger partial charge in [-0.05, 0) is 32.1 Å². The molecule has 1 heteroatoms. The molecular weight excluding hydrogens is 160 g/mol. The summed E-state index contributed by atoms with van der Waals surface area (Å²) in [6.45, 7) is 0. The molecule has 0 bridgehead atoms. The first-order valence-corrected chi connectivity index (χ1v) is 5.21. The van der Waals surface area contributed by atoms with Crippen molar-refractivity contribution in [2.24, 2.45) is 0 Å². The first-order chi connectivity index (χ1) is 6.39. The van der Waals surface area contributed by atoms with Gasteiger partial charge in [-0.15, -0.1) is 0 Å². The lowest BCUT2D eigenvalue weighted by Crippen LogP contribution is -1.95. The molecule has 1 rings (SSSR count). The summed E-state index contributed by atoms with van der Waals surface area (Å²) in [6, 6.07) is 0. The molecule has 1 aliphatic rings. The van der Waals surface area contributed by atoms with Gasteiger partial charge in [-0.2, -0.15) is 0 Å². The summed E-state index contributed by atoms with van der Waals surface area (Å²) in [5, 5.41) is 0. The highest BCUT2D eigenvalue weighted by Crippen LogP contribution is 2.06. The highest BCUT2D eigenvalue weighted by Gasteiger charge is 1.98. The normalized spacial score (nSPS) is 25.7. The van der Waals surface area contributed by atoms with Gasteiger partial charge in [0.15, 0.2) is 0 Å². The largest absolute Gasteiger partial charge is 0.299 e. The summed E-state index contributed by atoms with van der Waals surface area (Å²) in [5.74, 6) is 0.390. The van der Waals surface area contributed by atoms with Gasteiger partial charge in [0.2, 0.25) is 0 Å². The van der Waals surface area contributed by atoms with Gasteiger partial charge in [0.05, 0.1) is 0 Å². The van der Waals surface area contributed by atoms with Gasteiger partial charge < -0.3 is 0 Å². The van der Waals surface area contributed by atoms with Gasteiger partial charge in [-0.3, -0.25) is 4.79 Å². The molecule has 0 aromatic rings. The zero-order valence-corrected chi connectivity index (χ0v) is 8.17. The third-order valence-corrected chi connectivity index (χ3v) is 2.26. The SMILES string of the molecule is O=C1C/C=C\CC/C=C\CCCC1. The number of rotatable bonds is 0. The molecule has 0 amide bonds. The van der Waals surface area contributed by atoms with Crippen molar-refractivity contribution in [1.29, 1.82) is 0 Å². The highest BCUT2D eigenvalue weighted by molar-refractivity contribution is 5.79. The Bertz CT molecular complexity index is 201. The van der Waals surface area contributed by atoms with Crippen LogP contribution in [0.4, 0.5) is 0 Å². The predicted molar refractivity (Wildman–Crippen MR) is 55.6 cm³/mol. The predicted octanol–water partition coefficient (Wildman–Crippen LogP) is 3.41. The molecular formula is C12H18O. The van der Waals surface area contributed by atoms with Crippen molar-refractivity contribution in [3.63, 3.8) is 0 Å². The Labute approximate surface area is 80.5 Å². The first kappa shape index (κ1) is 10.2. The topological polar surface area (TPSA) is 17.1 Å². The highest BCUT2D eigenvalue weighted by atomic mass is 16.1. The zero-order valence-electron chi connectivity index (χ0n) is 8.17. The zero-order chi connectivity index (χ0) is 9.36. The Morgan fingerprint density at radius 1 is 0.846 bits per heavy atom. The molecule has 0 aliphatic heterocycles. The van der Waals surface area contributed by atoms with Gasteiger partial charge >= 0.3 is 0 Å². The average Bonchev–Trinajstić information content (AvgIpc) is 2.11. The molecule has 0 aromatic carbocycles. The van der Waals surface area contributed by atoms with Crippen LogP contribution in [0.1, 0.15) is 44.9 Å². The van der Waals surface area contributed by atoms with E-state index in [0.717, 1.165) is 38.5 Å². The van der Waals surface area contributed by atoms with E-state index >= 15 is 0 Å². The average molecular weight is 178 g/mol. The lowest BCUT2D eigenvalue weighted by Gasteiger charge is -1.98. The van der Waals surface area contributed by atoms with E-state index in [1.165, 1.54) is 0 Å². The van der Waals surface area contributed by atoms with Gasteiger partial charge in [0.1, 0.15) is 5.78 Å². The summed E-state index contributed by atoms with van der Waals surface area (Å²) >= 11 is 0. The van der Waals surface area contributed by atoms with Crippen LogP contribution >= 0.6 is 0 Å². The number of hydrogen-bond donors (Lipinski definition) is 0. The van der Waals surface area contributed by atoms with Crippen LogP contribution in [0.25, 0.3) is 0 Å². The van der Waals surface area contributed by atoms with E-state index in [4.69, 9.17) is 0 Å². The number of carbonyl (C=O) groups is 1. The molecule has 0 spiro atoms. The van der Waals surface area contributed by atoms with Crippen molar-refractivity contribution in [2.75, 3.05) is 0 Å². The molecule has 0 saturated heterocycles.